The Bertz CT molecular complexity index is 873. The molecule has 3 rings (SSSR count). The molecule has 2 aromatic carbocycles. The summed E-state index contributed by atoms with van der Waals surface area (Å²) in [6.07, 6.45) is 1.60. The first-order valence-electron chi connectivity index (χ1n) is 7.71. The van der Waals surface area contributed by atoms with Crippen molar-refractivity contribution in [2.24, 2.45) is 4.99 Å². The molecule has 0 bridgehead atoms. The second-order valence-electron chi connectivity index (χ2n) is 5.13. The molecule has 2 aromatic rings. The van der Waals surface area contributed by atoms with Gasteiger partial charge in [0.15, 0.2) is 17.2 Å². The molecule has 1 aliphatic rings. The van der Waals surface area contributed by atoms with Crippen LogP contribution in [0.1, 0.15) is 18.1 Å². The Morgan fingerprint density at radius 3 is 2.72 bits per heavy atom. The second-order valence-corrected chi connectivity index (χ2v) is 5.53. The number of carbonyl (C=O) groups is 1. The van der Waals surface area contributed by atoms with E-state index in [0.717, 1.165) is 0 Å². The maximum absolute atomic E-state index is 12.2. The lowest BCUT2D eigenvalue weighted by atomic mass is 10.1. The van der Waals surface area contributed by atoms with Gasteiger partial charge in [-0.1, -0.05) is 35.9 Å². The summed E-state index contributed by atoms with van der Waals surface area (Å²) < 4.78 is 16.2. The highest BCUT2D eigenvalue weighted by molar-refractivity contribution is 6.34. The molecule has 0 N–H and O–H groups in total. The van der Waals surface area contributed by atoms with Crippen LogP contribution < -0.4 is 9.47 Å². The van der Waals surface area contributed by atoms with E-state index in [0.29, 0.717) is 34.3 Å². The van der Waals surface area contributed by atoms with Gasteiger partial charge in [0.2, 0.25) is 5.90 Å². The van der Waals surface area contributed by atoms with Gasteiger partial charge in [0, 0.05) is 5.56 Å². The van der Waals surface area contributed by atoms with Gasteiger partial charge in [0.25, 0.3) is 0 Å². The summed E-state index contributed by atoms with van der Waals surface area (Å²) in [6, 6.07) is 12.5. The van der Waals surface area contributed by atoms with E-state index < -0.39 is 5.97 Å². The Hall–Kier alpha value is -2.79. The Kier molecular flexibility index (Phi) is 5.05. The number of esters is 1. The number of halogens is 1. The molecule has 0 fully saturated rings. The molecule has 0 radical (unpaired) electrons. The fraction of sp³-hybridized carbons (Fsp3) is 0.158. The predicted molar refractivity (Wildman–Crippen MR) is 96.2 cm³/mol. The number of cyclic esters (lactones) is 1. The molecule has 0 aromatic heterocycles. The quantitative estimate of drug-likeness (QED) is 0.597. The van der Waals surface area contributed by atoms with Gasteiger partial charge in [-0.15, -0.1) is 0 Å². The zero-order valence-corrected chi connectivity index (χ0v) is 14.5. The maximum Gasteiger partial charge on any atom is 0.363 e. The first kappa shape index (κ1) is 17.0. The standard InChI is InChI=1S/C19H16ClNO4/c1-3-24-16-10-6-7-12(17(16)23-2)11-15-19(22)25-18(21-15)13-8-4-5-9-14(13)20/h4-11H,3H2,1-2H3/b15-11-. The van der Waals surface area contributed by atoms with Crippen LogP contribution in [0.15, 0.2) is 53.2 Å². The normalized spacial score (nSPS) is 15.1. The Morgan fingerprint density at radius 1 is 1.20 bits per heavy atom. The average Bonchev–Trinajstić information content (AvgIpc) is 2.96. The average molecular weight is 358 g/mol. The van der Waals surface area contributed by atoms with E-state index in [1.807, 2.05) is 19.1 Å². The smallest absolute Gasteiger partial charge is 0.363 e. The number of hydrogen-bond donors (Lipinski definition) is 0. The summed E-state index contributed by atoms with van der Waals surface area (Å²) in [5.41, 5.74) is 1.40. The van der Waals surface area contributed by atoms with E-state index in [1.54, 1.807) is 43.5 Å². The Morgan fingerprint density at radius 2 is 2.00 bits per heavy atom. The third-order valence-corrected chi connectivity index (χ3v) is 3.86. The van der Waals surface area contributed by atoms with Crippen LogP contribution in [0.5, 0.6) is 11.5 Å². The first-order valence-corrected chi connectivity index (χ1v) is 8.09. The first-order chi connectivity index (χ1) is 12.1. The number of methoxy groups -OCH3 is 1. The summed E-state index contributed by atoms with van der Waals surface area (Å²) in [4.78, 5) is 16.4. The van der Waals surface area contributed by atoms with Crippen LogP contribution in [0.4, 0.5) is 0 Å². The molecule has 128 valence electrons. The number of para-hydroxylation sites is 1. The fourth-order valence-corrected chi connectivity index (χ4v) is 2.66. The van der Waals surface area contributed by atoms with Crippen LogP contribution in [-0.4, -0.2) is 25.6 Å². The van der Waals surface area contributed by atoms with E-state index in [4.69, 9.17) is 25.8 Å². The molecule has 1 aliphatic heterocycles. The van der Waals surface area contributed by atoms with E-state index in [1.165, 1.54) is 0 Å². The maximum atomic E-state index is 12.2. The van der Waals surface area contributed by atoms with Gasteiger partial charge in [-0.25, -0.2) is 9.79 Å². The topological polar surface area (TPSA) is 57.1 Å². The summed E-state index contributed by atoms with van der Waals surface area (Å²) in [6.45, 7) is 2.40. The lowest BCUT2D eigenvalue weighted by Gasteiger charge is -2.11. The lowest BCUT2D eigenvalue weighted by Crippen LogP contribution is -2.05. The van der Waals surface area contributed by atoms with Crippen molar-refractivity contribution >= 4 is 29.5 Å². The van der Waals surface area contributed by atoms with Crippen molar-refractivity contribution in [1.29, 1.82) is 0 Å². The van der Waals surface area contributed by atoms with Gasteiger partial charge < -0.3 is 14.2 Å². The molecule has 0 atom stereocenters. The highest BCUT2D eigenvalue weighted by Gasteiger charge is 2.26. The number of rotatable bonds is 5. The van der Waals surface area contributed by atoms with Gasteiger partial charge in [-0.2, -0.15) is 0 Å². The van der Waals surface area contributed by atoms with Crippen molar-refractivity contribution in [3.63, 3.8) is 0 Å². The minimum Gasteiger partial charge on any atom is -0.492 e. The van der Waals surface area contributed by atoms with Crippen LogP contribution >= 0.6 is 11.6 Å². The van der Waals surface area contributed by atoms with E-state index in [-0.39, 0.29) is 11.6 Å². The van der Waals surface area contributed by atoms with Gasteiger partial charge in [0.1, 0.15) is 0 Å². The monoisotopic (exact) mass is 357 g/mol. The molecular formula is C19H16ClNO4. The summed E-state index contributed by atoms with van der Waals surface area (Å²) in [5, 5.41) is 0.464. The SMILES string of the molecule is CCOc1cccc(/C=C2\N=C(c3ccccc3Cl)OC2=O)c1OC. The van der Waals surface area contributed by atoms with Crippen LogP contribution in [0.25, 0.3) is 6.08 Å². The molecule has 1 heterocycles. The third kappa shape index (κ3) is 3.51. The van der Waals surface area contributed by atoms with E-state index in [9.17, 15) is 4.79 Å². The molecule has 0 spiro atoms. The van der Waals surface area contributed by atoms with Gasteiger partial charge >= 0.3 is 5.97 Å². The molecule has 0 aliphatic carbocycles. The van der Waals surface area contributed by atoms with Gasteiger partial charge in [-0.3, -0.25) is 0 Å². The number of hydrogen-bond acceptors (Lipinski definition) is 5. The zero-order valence-electron chi connectivity index (χ0n) is 13.8. The van der Waals surface area contributed by atoms with E-state index in [2.05, 4.69) is 4.99 Å². The van der Waals surface area contributed by atoms with Crippen LogP contribution in [0.2, 0.25) is 5.02 Å². The second kappa shape index (κ2) is 7.40. The highest BCUT2D eigenvalue weighted by Crippen LogP contribution is 2.33. The molecule has 25 heavy (non-hydrogen) atoms. The number of nitrogens with zero attached hydrogens (tertiary/aromatic N) is 1. The summed E-state index contributed by atoms with van der Waals surface area (Å²) >= 11 is 6.13. The van der Waals surface area contributed by atoms with Crippen molar-refractivity contribution in [2.75, 3.05) is 13.7 Å². The van der Waals surface area contributed by atoms with Crippen molar-refractivity contribution in [2.45, 2.75) is 6.92 Å². The molecular weight excluding hydrogens is 342 g/mol. The Labute approximate surface area is 150 Å². The molecule has 0 saturated heterocycles. The number of aliphatic imine (C=N–C) groups is 1. The minimum atomic E-state index is -0.543. The van der Waals surface area contributed by atoms with Crippen LogP contribution in [0.3, 0.4) is 0 Å². The highest BCUT2D eigenvalue weighted by atomic mass is 35.5. The van der Waals surface area contributed by atoms with Crippen molar-refractivity contribution < 1.29 is 19.0 Å². The van der Waals surface area contributed by atoms with E-state index >= 15 is 0 Å². The number of ether oxygens (including phenoxy) is 3. The predicted octanol–water partition coefficient (Wildman–Crippen LogP) is 4.09. The number of carbonyl (C=O) groups excluding carboxylic acids is 1. The lowest BCUT2D eigenvalue weighted by molar-refractivity contribution is -0.129. The molecule has 5 nitrogen and oxygen atoms in total. The fourth-order valence-electron chi connectivity index (χ4n) is 2.44. The van der Waals surface area contributed by atoms with Crippen LogP contribution in [0, 0.1) is 0 Å². The van der Waals surface area contributed by atoms with Crippen molar-refractivity contribution in [3.8, 4) is 11.5 Å². The molecule has 0 saturated carbocycles. The number of benzene rings is 2. The largest absolute Gasteiger partial charge is 0.492 e. The van der Waals surface area contributed by atoms with Crippen molar-refractivity contribution in [1.82, 2.24) is 0 Å². The summed E-state index contributed by atoms with van der Waals surface area (Å²) in [7, 11) is 1.55. The minimum absolute atomic E-state index is 0.168. The molecule has 6 heteroatoms. The van der Waals surface area contributed by atoms with Crippen molar-refractivity contribution in [3.05, 3.63) is 64.3 Å². The van der Waals surface area contributed by atoms with Gasteiger partial charge in [0.05, 0.1) is 24.3 Å². The Balaban J connectivity index is 2.01. The third-order valence-electron chi connectivity index (χ3n) is 3.53. The zero-order chi connectivity index (χ0) is 17.8. The molecule has 0 unspecified atom stereocenters. The van der Waals surface area contributed by atoms with Crippen LogP contribution in [-0.2, 0) is 9.53 Å². The van der Waals surface area contributed by atoms with Gasteiger partial charge in [-0.05, 0) is 31.2 Å². The summed E-state index contributed by atoms with van der Waals surface area (Å²) in [5.74, 6) is 0.771. The molecule has 0 amide bonds.